The van der Waals surface area contributed by atoms with Crippen molar-refractivity contribution in [1.29, 1.82) is 0 Å². The highest BCUT2D eigenvalue weighted by Gasteiger charge is 2.30. The Morgan fingerprint density at radius 2 is 1.63 bits per heavy atom. The molecule has 0 amide bonds. The smallest absolute Gasteiger partial charge is 0.202 e. The second-order valence-electron chi connectivity index (χ2n) is 5.02. The van der Waals surface area contributed by atoms with Crippen molar-refractivity contribution in [1.82, 2.24) is 0 Å². The first kappa shape index (κ1) is 12.4. The van der Waals surface area contributed by atoms with Gasteiger partial charge in [0, 0.05) is 4.91 Å². The lowest BCUT2D eigenvalue weighted by Gasteiger charge is -2.28. The van der Waals surface area contributed by atoms with Gasteiger partial charge in [-0.25, -0.2) is 8.42 Å². The quantitative estimate of drug-likeness (QED) is 0.825. The van der Waals surface area contributed by atoms with Crippen molar-refractivity contribution >= 4 is 9.84 Å². The van der Waals surface area contributed by atoms with Gasteiger partial charge in [0.05, 0.1) is 4.90 Å². The number of hydrogen-bond acceptors (Lipinski definition) is 2. The van der Waals surface area contributed by atoms with E-state index in [2.05, 4.69) is 12.2 Å². The first-order valence-electron chi connectivity index (χ1n) is 6.52. The van der Waals surface area contributed by atoms with Gasteiger partial charge in [0.25, 0.3) is 0 Å². The highest BCUT2D eigenvalue weighted by molar-refractivity contribution is 7.95. The molecule has 0 spiro atoms. The second kappa shape index (κ2) is 4.82. The Hall–Kier alpha value is -1.61. The molecule has 0 N–H and O–H groups in total. The SMILES string of the molecule is O=S(=O)(C1=CCC2C=CC=CC2C1)c1ccccc1. The van der Waals surface area contributed by atoms with Crippen molar-refractivity contribution in [3.63, 3.8) is 0 Å². The summed E-state index contributed by atoms with van der Waals surface area (Å²) in [4.78, 5) is 0.968. The zero-order chi connectivity index (χ0) is 13.3. The van der Waals surface area contributed by atoms with Crippen molar-refractivity contribution in [2.75, 3.05) is 0 Å². The number of benzene rings is 1. The standard InChI is InChI=1S/C16H16O2S/c17-19(18,15-8-2-1-3-9-15)16-11-10-13-6-4-5-7-14(13)12-16/h1-9,11,13-14H,10,12H2. The molecule has 2 unspecified atom stereocenters. The first-order valence-corrected chi connectivity index (χ1v) is 8.00. The summed E-state index contributed by atoms with van der Waals surface area (Å²) in [5.74, 6) is 0.781. The summed E-state index contributed by atoms with van der Waals surface area (Å²) in [6.07, 6.45) is 11.7. The van der Waals surface area contributed by atoms with Gasteiger partial charge >= 0.3 is 0 Å². The average molecular weight is 272 g/mol. The summed E-state index contributed by atoms with van der Waals surface area (Å²) in [7, 11) is -3.31. The number of allylic oxidation sites excluding steroid dienone is 6. The van der Waals surface area contributed by atoms with Crippen molar-refractivity contribution in [2.24, 2.45) is 11.8 Å². The van der Waals surface area contributed by atoms with Gasteiger partial charge < -0.3 is 0 Å². The Kier molecular flexibility index (Phi) is 3.15. The molecule has 0 aliphatic heterocycles. The monoisotopic (exact) mass is 272 g/mol. The first-order chi connectivity index (χ1) is 9.18. The maximum absolute atomic E-state index is 12.6. The fourth-order valence-electron chi connectivity index (χ4n) is 2.73. The Bertz CT molecular complexity index is 651. The molecule has 1 aromatic carbocycles. The molecule has 2 aliphatic rings. The Balaban J connectivity index is 1.93. The maximum Gasteiger partial charge on any atom is 0.202 e. The van der Waals surface area contributed by atoms with Crippen molar-refractivity contribution in [3.8, 4) is 0 Å². The van der Waals surface area contributed by atoms with E-state index in [1.807, 2.05) is 24.3 Å². The van der Waals surface area contributed by atoms with Crippen LogP contribution in [0.4, 0.5) is 0 Å². The zero-order valence-electron chi connectivity index (χ0n) is 10.6. The molecule has 3 rings (SSSR count). The number of hydrogen-bond donors (Lipinski definition) is 0. The fourth-order valence-corrected chi connectivity index (χ4v) is 4.27. The van der Waals surface area contributed by atoms with Crippen LogP contribution in [0, 0.1) is 11.8 Å². The Morgan fingerprint density at radius 3 is 2.37 bits per heavy atom. The molecule has 0 bridgehead atoms. The van der Waals surface area contributed by atoms with Crippen LogP contribution < -0.4 is 0 Å². The molecule has 0 aromatic heterocycles. The summed E-state index contributed by atoms with van der Waals surface area (Å²) in [6, 6.07) is 8.70. The zero-order valence-corrected chi connectivity index (χ0v) is 11.4. The highest BCUT2D eigenvalue weighted by atomic mass is 32.2. The largest absolute Gasteiger partial charge is 0.219 e. The summed E-state index contributed by atoms with van der Waals surface area (Å²) in [5.41, 5.74) is 0. The molecule has 2 nitrogen and oxygen atoms in total. The molecule has 0 heterocycles. The van der Waals surface area contributed by atoms with E-state index in [9.17, 15) is 8.42 Å². The summed E-state index contributed by atoms with van der Waals surface area (Å²) >= 11 is 0. The van der Waals surface area contributed by atoms with Crippen LogP contribution in [0.5, 0.6) is 0 Å². The van der Waals surface area contributed by atoms with Gasteiger partial charge in [-0.15, -0.1) is 0 Å². The number of sulfone groups is 1. The van der Waals surface area contributed by atoms with Crippen LogP contribution in [0.25, 0.3) is 0 Å². The average Bonchev–Trinajstić information content (AvgIpc) is 2.47. The van der Waals surface area contributed by atoms with Crippen LogP contribution in [0.2, 0.25) is 0 Å². The van der Waals surface area contributed by atoms with E-state index in [4.69, 9.17) is 0 Å². The molecule has 2 atom stereocenters. The topological polar surface area (TPSA) is 34.1 Å². The minimum absolute atomic E-state index is 0.323. The summed E-state index contributed by atoms with van der Waals surface area (Å²) < 4.78 is 25.1. The number of rotatable bonds is 2. The van der Waals surface area contributed by atoms with Gasteiger partial charge in [-0.2, -0.15) is 0 Å². The molecule has 0 saturated heterocycles. The van der Waals surface area contributed by atoms with Crippen molar-refractivity contribution in [2.45, 2.75) is 17.7 Å². The van der Waals surface area contributed by atoms with Crippen LogP contribution in [-0.2, 0) is 9.84 Å². The molecule has 19 heavy (non-hydrogen) atoms. The van der Waals surface area contributed by atoms with Crippen LogP contribution in [-0.4, -0.2) is 8.42 Å². The molecule has 3 heteroatoms. The fraction of sp³-hybridized carbons (Fsp3) is 0.250. The van der Waals surface area contributed by atoms with Crippen molar-refractivity contribution < 1.29 is 8.42 Å². The minimum atomic E-state index is -3.31. The van der Waals surface area contributed by atoms with E-state index < -0.39 is 9.84 Å². The van der Waals surface area contributed by atoms with Gasteiger partial charge in [0.1, 0.15) is 0 Å². The van der Waals surface area contributed by atoms with Gasteiger partial charge in [0.2, 0.25) is 9.84 Å². The van der Waals surface area contributed by atoms with E-state index in [1.165, 1.54) is 0 Å². The predicted octanol–water partition coefficient (Wildman–Crippen LogP) is 3.50. The summed E-state index contributed by atoms with van der Waals surface area (Å²) in [5, 5.41) is 0. The maximum atomic E-state index is 12.6. The van der Waals surface area contributed by atoms with E-state index in [0.29, 0.717) is 28.1 Å². The Labute approximate surface area is 114 Å². The normalized spacial score (nSPS) is 25.8. The molecule has 0 saturated carbocycles. The third-order valence-electron chi connectivity index (χ3n) is 3.83. The molecular formula is C16H16O2S. The van der Waals surface area contributed by atoms with Crippen LogP contribution in [0.1, 0.15) is 12.8 Å². The van der Waals surface area contributed by atoms with E-state index >= 15 is 0 Å². The van der Waals surface area contributed by atoms with E-state index in [0.717, 1.165) is 6.42 Å². The molecule has 0 fully saturated rings. The van der Waals surface area contributed by atoms with E-state index in [-0.39, 0.29) is 0 Å². The lowest BCUT2D eigenvalue weighted by molar-refractivity contribution is 0.453. The van der Waals surface area contributed by atoms with Crippen molar-refractivity contribution in [3.05, 3.63) is 65.6 Å². The number of fused-ring (bicyclic) bond motifs is 1. The van der Waals surface area contributed by atoms with Crippen LogP contribution >= 0.6 is 0 Å². The van der Waals surface area contributed by atoms with Gasteiger partial charge in [0.15, 0.2) is 0 Å². The molecule has 0 radical (unpaired) electrons. The van der Waals surface area contributed by atoms with Gasteiger partial charge in [-0.3, -0.25) is 0 Å². The van der Waals surface area contributed by atoms with Gasteiger partial charge in [-0.1, -0.05) is 48.6 Å². The van der Waals surface area contributed by atoms with E-state index in [1.54, 1.807) is 24.3 Å². The second-order valence-corrected chi connectivity index (χ2v) is 7.03. The minimum Gasteiger partial charge on any atom is -0.219 e. The molecule has 98 valence electrons. The lowest BCUT2D eigenvalue weighted by atomic mass is 9.80. The van der Waals surface area contributed by atoms with Crippen LogP contribution in [0.15, 0.2) is 70.5 Å². The van der Waals surface area contributed by atoms with Gasteiger partial charge in [-0.05, 0) is 36.8 Å². The third kappa shape index (κ3) is 2.30. The third-order valence-corrected chi connectivity index (χ3v) is 5.75. The highest BCUT2D eigenvalue weighted by Crippen LogP contribution is 2.37. The molecular weight excluding hydrogens is 256 g/mol. The molecule has 2 aliphatic carbocycles. The predicted molar refractivity (Wildman–Crippen MR) is 76.2 cm³/mol. The van der Waals surface area contributed by atoms with Crippen LogP contribution in [0.3, 0.4) is 0 Å². The lowest BCUT2D eigenvalue weighted by Crippen LogP contribution is -2.20. The molecule has 1 aromatic rings. The Morgan fingerprint density at radius 1 is 0.947 bits per heavy atom. The summed E-state index contributed by atoms with van der Waals surface area (Å²) in [6.45, 7) is 0.